The molecule has 0 spiro atoms. The molecule has 1 aliphatic heterocycles. The Kier molecular flexibility index (Phi) is 6.60. The molecule has 5 rings (SSSR count). The molecule has 34 heavy (non-hydrogen) atoms. The number of hydrogen-bond donors (Lipinski definition) is 1. The van der Waals surface area contributed by atoms with Gasteiger partial charge >= 0.3 is 0 Å². The van der Waals surface area contributed by atoms with Crippen LogP contribution in [-0.4, -0.2) is 42.0 Å². The van der Waals surface area contributed by atoms with Gasteiger partial charge in [-0.05, 0) is 35.9 Å². The highest BCUT2D eigenvalue weighted by atomic mass is 35.5. The number of nitrogens with zero attached hydrogens (tertiary/aromatic N) is 3. The Morgan fingerprint density at radius 1 is 0.941 bits per heavy atom. The molecular weight excluding hydrogens is 448 g/mol. The standard InChI is InChI=1S/C27H25ClN4O2/c28-25-9-5-4-8-21(25)18-32-19-24(26(30-32)20-6-2-1-3-7-20)27(33)29-22-10-12-23(13-11-22)31-14-16-34-17-15-31/h1-13,19H,14-18H2,(H,29,33). The third-order valence-corrected chi connectivity index (χ3v) is 6.21. The van der Waals surface area contributed by atoms with Crippen LogP contribution in [0.2, 0.25) is 5.02 Å². The van der Waals surface area contributed by atoms with E-state index < -0.39 is 0 Å². The third kappa shape index (κ3) is 4.98. The van der Waals surface area contributed by atoms with Crippen molar-refractivity contribution in [2.45, 2.75) is 6.54 Å². The van der Waals surface area contributed by atoms with Gasteiger partial charge in [0.2, 0.25) is 0 Å². The molecule has 0 unspecified atom stereocenters. The number of halogens is 1. The predicted octanol–water partition coefficient (Wildman–Crippen LogP) is 5.34. The molecule has 4 aromatic rings. The van der Waals surface area contributed by atoms with E-state index in [0.29, 0.717) is 22.8 Å². The van der Waals surface area contributed by atoms with E-state index in [1.807, 2.05) is 78.9 Å². The second-order valence-corrected chi connectivity index (χ2v) is 8.55. The average molecular weight is 473 g/mol. The van der Waals surface area contributed by atoms with Gasteiger partial charge in [-0.25, -0.2) is 0 Å². The highest BCUT2D eigenvalue weighted by Gasteiger charge is 2.19. The molecule has 1 amide bonds. The van der Waals surface area contributed by atoms with Gasteiger partial charge in [0, 0.05) is 41.2 Å². The van der Waals surface area contributed by atoms with Crippen LogP contribution in [0.4, 0.5) is 11.4 Å². The van der Waals surface area contributed by atoms with Crippen LogP contribution in [0.25, 0.3) is 11.3 Å². The van der Waals surface area contributed by atoms with Gasteiger partial charge in [-0.1, -0.05) is 60.1 Å². The first kappa shape index (κ1) is 22.2. The number of aromatic nitrogens is 2. The first-order chi connectivity index (χ1) is 16.7. The summed E-state index contributed by atoms with van der Waals surface area (Å²) in [5, 5.41) is 8.43. The molecule has 0 aliphatic carbocycles. The smallest absolute Gasteiger partial charge is 0.259 e. The average Bonchev–Trinajstić information content (AvgIpc) is 3.31. The molecule has 1 saturated heterocycles. The maximum absolute atomic E-state index is 13.3. The quantitative estimate of drug-likeness (QED) is 0.411. The van der Waals surface area contributed by atoms with Gasteiger partial charge in [-0.3, -0.25) is 9.48 Å². The Bertz CT molecular complexity index is 1270. The summed E-state index contributed by atoms with van der Waals surface area (Å²) in [5.74, 6) is -0.205. The maximum atomic E-state index is 13.3. The molecule has 1 fully saturated rings. The van der Waals surface area contributed by atoms with Gasteiger partial charge in [-0.15, -0.1) is 0 Å². The largest absolute Gasteiger partial charge is 0.378 e. The van der Waals surface area contributed by atoms with Crippen molar-refractivity contribution in [3.05, 3.63) is 101 Å². The van der Waals surface area contributed by atoms with Crippen molar-refractivity contribution in [2.75, 3.05) is 36.5 Å². The number of morpholine rings is 1. The van der Waals surface area contributed by atoms with Crippen molar-refractivity contribution < 1.29 is 9.53 Å². The molecule has 3 aromatic carbocycles. The summed E-state index contributed by atoms with van der Waals surface area (Å²) < 4.78 is 7.19. The molecule has 6 nitrogen and oxygen atoms in total. The molecule has 1 N–H and O–H groups in total. The number of amides is 1. The van der Waals surface area contributed by atoms with Crippen molar-refractivity contribution >= 4 is 28.9 Å². The number of hydrogen-bond acceptors (Lipinski definition) is 4. The second-order valence-electron chi connectivity index (χ2n) is 8.15. The number of anilines is 2. The summed E-state index contributed by atoms with van der Waals surface area (Å²) in [7, 11) is 0. The van der Waals surface area contributed by atoms with Crippen LogP contribution in [0.3, 0.4) is 0 Å². The lowest BCUT2D eigenvalue weighted by molar-refractivity contribution is 0.102. The Balaban J connectivity index is 1.39. The van der Waals surface area contributed by atoms with E-state index in [0.717, 1.165) is 48.8 Å². The van der Waals surface area contributed by atoms with Crippen molar-refractivity contribution in [2.24, 2.45) is 0 Å². The van der Waals surface area contributed by atoms with E-state index in [1.54, 1.807) is 10.9 Å². The molecule has 1 aliphatic rings. The normalized spacial score (nSPS) is 13.6. The van der Waals surface area contributed by atoms with Gasteiger partial charge in [0.15, 0.2) is 0 Å². The van der Waals surface area contributed by atoms with Crippen LogP contribution in [0, 0.1) is 0 Å². The monoisotopic (exact) mass is 472 g/mol. The summed E-state index contributed by atoms with van der Waals surface area (Å²) in [6.45, 7) is 3.69. The van der Waals surface area contributed by atoms with Crippen LogP contribution < -0.4 is 10.2 Å². The highest BCUT2D eigenvalue weighted by molar-refractivity contribution is 6.31. The number of ether oxygens (including phenoxy) is 1. The lowest BCUT2D eigenvalue weighted by atomic mass is 10.1. The van der Waals surface area contributed by atoms with E-state index >= 15 is 0 Å². The number of carbonyl (C=O) groups is 1. The fraction of sp³-hybridized carbons (Fsp3) is 0.185. The van der Waals surface area contributed by atoms with Crippen molar-refractivity contribution in [3.63, 3.8) is 0 Å². The zero-order chi connectivity index (χ0) is 23.3. The van der Waals surface area contributed by atoms with E-state index in [9.17, 15) is 4.79 Å². The maximum Gasteiger partial charge on any atom is 0.259 e. The molecule has 0 radical (unpaired) electrons. The van der Waals surface area contributed by atoms with E-state index in [2.05, 4.69) is 10.2 Å². The lowest BCUT2D eigenvalue weighted by Crippen LogP contribution is -2.36. The van der Waals surface area contributed by atoms with Crippen LogP contribution in [0.15, 0.2) is 85.1 Å². The molecule has 1 aromatic heterocycles. The van der Waals surface area contributed by atoms with E-state index in [-0.39, 0.29) is 5.91 Å². The third-order valence-electron chi connectivity index (χ3n) is 5.85. The van der Waals surface area contributed by atoms with Crippen molar-refractivity contribution in [3.8, 4) is 11.3 Å². The minimum Gasteiger partial charge on any atom is -0.378 e. The Morgan fingerprint density at radius 2 is 1.65 bits per heavy atom. The summed E-state index contributed by atoms with van der Waals surface area (Å²) >= 11 is 6.35. The number of rotatable bonds is 6. The van der Waals surface area contributed by atoms with E-state index in [1.165, 1.54) is 0 Å². The van der Waals surface area contributed by atoms with Gasteiger partial charge in [0.05, 0.1) is 25.3 Å². The second kappa shape index (κ2) is 10.1. The minimum atomic E-state index is -0.205. The van der Waals surface area contributed by atoms with Crippen LogP contribution in [0.5, 0.6) is 0 Å². The van der Waals surface area contributed by atoms with Gasteiger partial charge in [0.1, 0.15) is 5.69 Å². The van der Waals surface area contributed by atoms with Crippen LogP contribution in [0.1, 0.15) is 15.9 Å². The predicted molar refractivity (Wildman–Crippen MR) is 136 cm³/mol. The van der Waals surface area contributed by atoms with Crippen LogP contribution >= 0.6 is 11.6 Å². The molecule has 172 valence electrons. The SMILES string of the molecule is O=C(Nc1ccc(N2CCOCC2)cc1)c1cn(Cc2ccccc2Cl)nc1-c1ccccc1. The number of nitrogens with one attached hydrogen (secondary N) is 1. The summed E-state index contributed by atoms with van der Waals surface area (Å²) in [6, 6.07) is 25.3. The summed E-state index contributed by atoms with van der Waals surface area (Å²) in [4.78, 5) is 15.6. The lowest BCUT2D eigenvalue weighted by Gasteiger charge is -2.28. The zero-order valence-electron chi connectivity index (χ0n) is 18.7. The molecule has 0 saturated carbocycles. The number of carbonyl (C=O) groups excluding carboxylic acids is 1. The Hall–Kier alpha value is -3.61. The Labute approximate surface area is 203 Å². The summed E-state index contributed by atoms with van der Waals surface area (Å²) in [6.07, 6.45) is 1.78. The van der Waals surface area contributed by atoms with Crippen molar-refractivity contribution in [1.29, 1.82) is 0 Å². The first-order valence-electron chi connectivity index (χ1n) is 11.3. The molecule has 7 heteroatoms. The Morgan fingerprint density at radius 3 is 2.38 bits per heavy atom. The molecule has 0 bridgehead atoms. The fourth-order valence-corrected chi connectivity index (χ4v) is 4.25. The molecule has 0 atom stereocenters. The fourth-order valence-electron chi connectivity index (χ4n) is 4.05. The van der Waals surface area contributed by atoms with Crippen LogP contribution in [-0.2, 0) is 11.3 Å². The van der Waals surface area contributed by atoms with Gasteiger partial charge < -0.3 is 15.0 Å². The minimum absolute atomic E-state index is 0.205. The van der Waals surface area contributed by atoms with Gasteiger partial charge in [-0.2, -0.15) is 5.10 Å². The first-order valence-corrected chi connectivity index (χ1v) is 11.7. The highest BCUT2D eigenvalue weighted by Crippen LogP contribution is 2.25. The van der Waals surface area contributed by atoms with Gasteiger partial charge in [0.25, 0.3) is 5.91 Å². The summed E-state index contributed by atoms with van der Waals surface area (Å²) in [5.41, 5.74) is 4.83. The molecule has 2 heterocycles. The van der Waals surface area contributed by atoms with E-state index in [4.69, 9.17) is 21.4 Å². The molecular formula is C27H25ClN4O2. The van der Waals surface area contributed by atoms with Crippen molar-refractivity contribution in [1.82, 2.24) is 9.78 Å². The topological polar surface area (TPSA) is 59.4 Å². The zero-order valence-corrected chi connectivity index (χ0v) is 19.4. The number of benzene rings is 3.